The van der Waals surface area contributed by atoms with Gasteiger partial charge in [-0.05, 0) is 31.1 Å². The lowest BCUT2D eigenvalue weighted by atomic mass is 9.93. The predicted octanol–water partition coefficient (Wildman–Crippen LogP) is 3.19. The van der Waals surface area contributed by atoms with E-state index >= 15 is 0 Å². The molecule has 0 radical (unpaired) electrons. The van der Waals surface area contributed by atoms with Crippen LogP contribution in [0.2, 0.25) is 0 Å². The first-order valence-corrected chi connectivity index (χ1v) is 5.45. The van der Waals surface area contributed by atoms with Crippen LogP contribution >= 0.6 is 0 Å². The summed E-state index contributed by atoms with van der Waals surface area (Å²) in [5.41, 5.74) is 5.93. The van der Waals surface area contributed by atoms with Crippen molar-refractivity contribution in [1.82, 2.24) is 0 Å². The minimum absolute atomic E-state index is 0.516. The highest BCUT2D eigenvalue weighted by molar-refractivity contribution is 4.80. The molecular formula is C11H25N. The lowest BCUT2D eigenvalue weighted by Gasteiger charge is -2.16. The Kier molecular flexibility index (Phi) is 6.45. The number of rotatable bonds is 2. The summed E-state index contributed by atoms with van der Waals surface area (Å²) in [5.74, 6) is 1.66. The molecule has 1 heteroatoms. The molecule has 2 atom stereocenters. The average Bonchev–Trinajstić information content (AvgIpc) is 2.40. The summed E-state index contributed by atoms with van der Waals surface area (Å²) >= 11 is 0. The van der Waals surface area contributed by atoms with E-state index in [4.69, 9.17) is 5.73 Å². The first-order valence-electron chi connectivity index (χ1n) is 5.45. The maximum absolute atomic E-state index is 5.93. The van der Waals surface area contributed by atoms with E-state index < -0.39 is 0 Å². The summed E-state index contributed by atoms with van der Waals surface area (Å²) < 4.78 is 0. The number of nitrogens with two attached hydrogens (primary N) is 1. The summed E-state index contributed by atoms with van der Waals surface area (Å²) in [7, 11) is 0. The van der Waals surface area contributed by atoms with E-state index in [0.29, 0.717) is 6.04 Å². The van der Waals surface area contributed by atoms with E-state index in [-0.39, 0.29) is 0 Å². The molecule has 0 heterocycles. The van der Waals surface area contributed by atoms with Gasteiger partial charge in [0, 0.05) is 6.04 Å². The molecular weight excluding hydrogens is 146 g/mol. The molecule has 0 amide bonds. The van der Waals surface area contributed by atoms with Gasteiger partial charge < -0.3 is 5.73 Å². The van der Waals surface area contributed by atoms with Crippen LogP contribution in [0.25, 0.3) is 0 Å². The highest BCUT2D eigenvalue weighted by Crippen LogP contribution is 2.29. The Labute approximate surface area is 77.7 Å². The Bertz CT molecular complexity index is 99.2. The van der Waals surface area contributed by atoms with Gasteiger partial charge in [0.15, 0.2) is 0 Å². The van der Waals surface area contributed by atoms with Crippen LogP contribution in [0.15, 0.2) is 0 Å². The third kappa shape index (κ3) is 4.10. The average molecular weight is 171 g/mol. The van der Waals surface area contributed by atoms with E-state index in [0.717, 1.165) is 11.8 Å². The summed E-state index contributed by atoms with van der Waals surface area (Å²) in [6.45, 7) is 8.57. The van der Waals surface area contributed by atoms with Crippen LogP contribution < -0.4 is 5.73 Å². The molecule has 74 valence electrons. The minimum Gasteiger partial charge on any atom is -0.327 e. The molecule has 0 aromatic rings. The molecule has 12 heavy (non-hydrogen) atoms. The molecule has 0 unspecified atom stereocenters. The van der Waals surface area contributed by atoms with Gasteiger partial charge in [0.05, 0.1) is 0 Å². The van der Waals surface area contributed by atoms with Gasteiger partial charge in [0.25, 0.3) is 0 Å². The minimum atomic E-state index is 0.516. The monoisotopic (exact) mass is 171 g/mol. The quantitative estimate of drug-likeness (QED) is 0.678. The topological polar surface area (TPSA) is 26.0 Å². The maximum atomic E-state index is 5.93. The second-order valence-corrected chi connectivity index (χ2v) is 3.98. The van der Waals surface area contributed by atoms with Crippen molar-refractivity contribution in [3.63, 3.8) is 0 Å². The fourth-order valence-corrected chi connectivity index (χ4v) is 1.96. The zero-order valence-corrected chi connectivity index (χ0v) is 9.14. The smallest absolute Gasteiger partial charge is 0.00672 e. The lowest BCUT2D eigenvalue weighted by molar-refractivity contribution is 0.383. The molecule has 0 spiro atoms. The maximum Gasteiger partial charge on any atom is 0.00672 e. The Hall–Kier alpha value is -0.0400. The van der Waals surface area contributed by atoms with E-state index in [9.17, 15) is 0 Å². The third-order valence-corrected chi connectivity index (χ3v) is 2.49. The molecule has 2 N–H and O–H groups in total. The van der Waals surface area contributed by atoms with Crippen LogP contribution in [0, 0.1) is 11.8 Å². The van der Waals surface area contributed by atoms with Gasteiger partial charge in [0.1, 0.15) is 0 Å². The Balaban J connectivity index is 0.000000561. The van der Waals surface area contributed by atoms with Gasteiger partial charge >= 0.3 is 0 Å². The Morgan fingerprint density at radius 1 is 1.25 bits per heavy atom. The first-order chi connectivity index (χ1) is 5.70. The van der Waals surface area contributed by atoms with Crippen LogP contribution in [0.4, 0.5) is 0 Å². The van der Waals surface area contributed by atoms with Gasteiger partial charge in [-0.15, -0.1) is 0 Å². The standard InChI is InChI=1S/C9H19N.C2H6/c1-7(2)6-8-4-3-5-9(8)10;1-2/h7-9H,3-6,10H2,1-2H3;1-2H3/t8-,9+;/m0./s1. The summed E-state index contributed by atoms with van der Waals surface area (Å²) in [4.78, 5) is 0. The van der Waals surface area contributed by atoms with Gasteiger partial charge in [0.2, 0.25) is 0 Å². The van der Waals surface area contributed by atoms with Crippen molar-refractivity contribution >= 4 is 0 Å². The zero-order chi connectivity index (χ0) is 9.56. The molecule has 1 saturated carbocycles. The lowest BCUT2D eigenvalue weighted by Crippen LogP contribution is -2.25. The van der Waals surface area contributed by atoms with Crippen molar-refractivity contribution in [3.8, 4) is 0 Å². The summed E-state index contributed by atoms with van der Waals surface area (Å²) in [6.07, 6.45) is 5.33. The molecule has 0 bridgehead atoms. The van der Waals surface area contributed by atoms with Crippen LogP contribution in [0.3, 0.4) is 0 Å². The molecule has 0 aromatic carbocycles. The fraction of sp³-hybridized carbons (Fsp3) is 1.00. The number of hydrogen-bond acceptors (Lipinski definition) is 1. The highest BCUT2D eigenvalue weighted by Gasteiger charge is 2.23. The van der Waals surface area contributed by atoms with Crippen molar-refractivity contribution in [1.29, 1.82) is 0 Å². The van der Waals surface area contributed by atoms with Gasteiger partial charge in [-0.25, -0.2) is 0 Å². The molecule has 1 fully saturated rings. The van der Waals surface area contributed by atoms with Gasteiger partial charge in [-0.2, -0.15) is 0 Å². The van der Waals surface area contributed by atoms with Gasteiger partial charge in [-0.3, -0.25) is 0 Å². The van der Waals surface area contributed by atoms with E-state index in [1.165, 1.54) is 25.7 Å². The summed E-state index contributed by atoms with van der Waals surface area (Å²) in [5, 5.41) is 0. The molecule has 0 aliphatic heterocycles. The second-order valence-electron chi connectivity index (χ2n) is 3.98. The molecule has 1 rings (SSSR count). The van der Waals surface area contributed by atoms with Crippen molar-refractivity contribution in [2.24, 2.45) is 17.6 Å². The van der Waals surface area contributed by atoms with E-state index in [2.05, 4.69) is 13.8 Å². The second kappa shape index (κ2) is 6.47. The Morgan fingerprint density at radius 3 is 2.17 bits per heavy atom. The predicted molar refractivity (Wildman–Crippen MR) is 56.1 cm³/mol. The van der Waals surface area contributed by atoms with Crippen molar-refractivity contribution in [3.05, 3.63) is 0 Å². The highest BCUT2D eigenvalue weighted by atomic mass is 14.7. The third-order valence-electron chi connectivity index (χ3n) is 2.49. The van der Waals surface area contributed by atoms with Gasteiger partial charge in [-0.1, -0.05) is 34.1 Å². The van der Waals surface area contributed by atoms with E-state index in [1.54, 1.807) is 0 Å². The molecule has 1 aliphatic rings. The molecule has 0 saturated heterocycles. The van der Waals surface area contributed by atoms with E-state index in [1.807, 2.05) is 13.8 Å². The molecule has 1 aliphatic carbocycles. The van der Waals surface area contributed by atoms with Crippen molar-refractivity contribution < 1.29 is 0 Å². The molecule has 0 aromatic heterocycles. The van der Waals surface area contributed by atoms with Crippen LogP contribution in [-0.4, -0.2) is 6.04 Å². The van der Waals surface area contributed by atoms with Crippen molar-refractivity contribution in [2.75, 3.05) is 0 Å². The van der Waals surface area contributed by atoms with Crippen molar-refractivity contribution in [2.45, 2.75) is 59.4 Å². The fourth-order valence-electron chi connectivity index (χ4n) is 1.96. The zero-order valence-electron chi connectivity index (χ0n) is 9.14. The normalized spacial score (nSPS) is 28.5. The Morgan fingerprint density at radius 2 is 1.83 bits per heavy atom. The largest absolute Gasteiger partial charge is 0.327 e. The van der Waals surface area contributed by atoms with Crippen LogP contribution in [0.1, 0.15) is 53.4 Å². The van der Waals surface area contributed by atoms with Crippen LogP contribution in [-0.2, 0) is 0 Å². The number of hydrogen-bond donors (Lipinski definition) is 1. The molecule has 1 nitrogen and oxygen atoms in total. The summed E-state index contributed by atoms with van der Waals surface area (Å²) in [6, 6.07) is 0.516. The SMILES string of the molecule is CC.CC(C)C[C@@H]1CCC[C@H]1N. The van der Waals surface area contributed by atoms with Crippen LogP contribution in [0.5, 0.6) is 0 Å². The first kappa shape index (κ1) is 12.0.